The van der Waals surface area contributed by atoms with Crippen molar-refractivity contribution in [3.63, 3.8) is 0 Å². The highest BCUT2D eigenvalue weighted by atomic mass is 16.3. The highest BCUT2D eigenvalue weighted by Crippen LogP contribution is 2.47. The Labute approximate surface area is 306 Å². The summed E-state index contributed by atoms with van der Waals surface area (Å²) < 4.78 is 146. The van der Waals surface area contributed by atoms with Crippen LogP contribution < -0.4 is 0 Å². The van der Waals surface area contributed by atoms with Crippen LogP contribution in [0.5, 0.6) is 0 Å². The molecule has 0 amide bonds. The first-order valence-corrected chi connectivity index (χ1v) is 15.5. The van der Waals surface area contributed by atoms with E-state index in [2.05, 4.69) is 0 Å². The van der Waals surface area contributed by atoms with Crippen LogP contribution in [-0.4, -0.2) is 0 Å². The predicted octanol–water partition coefficient (Wildman–Crippen LogP) is 13.7. The van der Waals surface area contributed by atoms with Crippen LogP contribution in [0.3, 0.4) is 0 Å². The quantitative estimate of drug-likeness (QED) is 0.175. The van der Waals surface area contributed by atoms with Gasteiger partial charge in [0, 0.05) is 10.8 Å². The van der Waals surface area contributed by atoms with Gasteiger partial charge in [0.15, 0.2) is 0 Å². The summed E-state index contributed by atoms with van der Waals surface area (Å²) in [6, 6.07) is 16.8. The summed E-state index contributed by atoms with van der Waals surface area (Å²) in [6.07, 6.45) is 0. The van der Waals surface area contributed by atoms with Crippen molar-refractivity contribution in [1.29, 1.82) is 0 Å². The average Bonchev–Trinajstić information content (AvgIpc) is 3.68. The summed E-state index contributed by atoms with van der Waals surface area (Å²) in [5, 5.41) is 3.43. The van der Waals surface area contributed by atoms with Crippen molar-refractivity contribution in [1.82, 2.24) is 0 Å². The maximum absolute atomic E-state index is 9.68. The Hall–Kier alpha value is -6.44. The Bertz CT molecular complexity index is 3680. The SMILES string of the molecule is [2H]c1c([2H])c([2H])c(-c2ccc3c(c2)oc2cccc(-c4c5ccccc5c(-c5c([2H])c([2H])c6c([2H])c(-c7c([2H])c([2H])c([2H])c([2H])c7[2H])c([2H])c([2H])c6c5[2H])c5ccccc45)c23)c([2H])c1[2H]. The van der Waals surface area contributed by atoms with E-state index < -0.39 is 89.7 Å². The minimum absolute atomic E-state index is 0.0172. The van der Waals surface area contributed by atoms with Gasteiger partial charge in [-0.25, -0.2) is 0 Å². The van der Waals surface area contributed by atoms with Crippen LogP contribution in [0, 0.1) is 0 Å². The third-order valence-electron chi connectivity index (χ3n) is 8.86. The van der Waals surface area contributed by atoms with Crippen LogP contribution >= 0.6 is 0 Å². The second-order valence-electron chi connectivity index (χ2n) is 11.6. The number of furan rings is 1. The molecule has 1 heterocycles. The molecule has 1 aromatic heterocycles. The van der Waals surface area contributed by atoms with Gasteiger partial charge in [-0.2, -0.15) is 0 Å². The maximum Gasteiger partial charge on any atom is 0.136 e. The lowest BCUT2D eigenvalue weighted by atomic mass is 9.84. The van der Waals surface area contributed by atoms with Gasteiger partial charge in [0.2, 0.25) is 0 Å². The number of hydrogen-bond acceptors (Lipinski definition) is 1. The molecule has 0 bridgehead atoms. The van der Waals surface area contributed by atoms with Gasteiger partial charge in [-0.05, 0) is 107 Å². The normalized spacial score (nSPS) is 16.2. The summed E-state index contributed by atoms with van der Waals surface area (Å²) in [6.45, 7) is 0. The van der Waals surface area contributed by atoms with Gasteiger partial charge in [0.1, 0.15) is 11.2 Å². The number of benzene rings is 9. The van der Waals surface area contributed by atoms with Crippen LogP contribution in [0.2, 0.25) is 0 Å². The van der Waals surface area contributed by atoms with Crippen LogP contribution in [-0.2, 0) is 0 Å². The van der Waals surface area contributed by atoms with Crippen LogP contribution in [0.25, 0.3) is 98.8 Å². The zero-order valence-corrected chi connectivity index (χ0v) is 25.5. The molecule has 0 N–H and O–H groups in total. The fourth-order valence-electron chi connectivity index (χ4n) is 6.77. The molecular formula is C48H30O. The van der Waals surface area contributed by atoms with Crippen molar-refractivity contribution >= 4 is 54.3 Å². The minimum Gasteiger partial charge on any atom is -0.456 e. The molecule has 0 saturated heterocycles. The summed E-state index contributed by atoms with van der Waals surface area (Å²) in [5.74, 6) is 0. The highest BCUT2D eigenvalue weighted by molar-refractivity contribution is 6.26. The molecule has 0 aliphatic rings. The van der Waals surface area contributed by atoms with Crippen molar-refractivity contribution < 1.29 is 26.3 Å². The average molecular weight is 639 g/mol. The fourth-order valence-corrected chi connectivity index (χ4v) is 6.77. The Kier molecular flexibility index (Phi) is 3.64. The van der Waals surface area contributed by atoms with E-state index in [1.807, 2.05) is 54.6 Å². The van der Waals surface area contributed by atoms with E-state index in [1.54, 1.807) is 30.3 Å². The van der Waals surface area contributed by atoms with Gasteiger partial charge < -0.3 is 4.42 Å². The first kappa shape index (κ1) is 16.1. The largest absolute Gasteiger partial charge is 0.456 e. The Balaban J connectivity index is 1.25. The molecule has 0 spiro atoms. The van der Waals surface area contributed by atoms with Crippen LogP contribution in [0.4, 0.5) is 0 Å². The molecule has 10 rings (SSSR count). The maximum atomic E-state index is 9.68. The molecule has 9 aromatic carbocycles. The zero-order valence-electron chi connectivity index (χ0n) is 41.5. The fraction of sp³-hybridized carbons (Fsp3) is 0. The molecule has 0 fully saturated rings. The first-order valence-electron chi connectivity index (χ1n) is 23.5. The predicted molar refractivity (Wildman–Crippen MR) is 208 cm³/mol. The van der Waals surface area contributed by atoms with E-state index >= 15 is 0 Å². The minimum atomic E-state index is -0.698. The van der Waals surface area contributed by atoms with Gasteiger partial charge in [-0.15, -0.1) is 0 Å². The summed E-state index contributed by atoms with van der Waals surface area (Å²) in [4.78, 5) is 0. The molecule has 0 aliphatic carbocycles. The second-order valence-corrected chi connectivity index (χ2v) is 11.6. The standard InChI is InChI=1S/C48H30O/c1-3-12-31(13-4-1)33-22-23-35-29-37(25-24-34(35)28-33)46-38-16-7-9-18-40(38)47(41-19-10-8-17-39(41)46)43-20-11-21-44-48(43)42-27-26-36(30-45(42)49-44)32-14-5-2-6-15-32/h1-30H/i1D,2D,3D,4D,5D,6D,12D,13D,14D,15D,22D,23D,24D,25D,28D,29D. The molecule has 0 atom stereocenters. The van der Waals surface area contributed by atoms with E-state index in [0.717, 1.165) is 16.5 Å². The lowest BCUT2D eigenvalue weighted by molar-refractivity contribution is 0.669. The molecule has 0 aliphatic heterocycles. The molecule has 0 unspecified atom stereocenters. The van der Waals surface area contributed by atoms with Crippen molar-refractivity contribution in [2.24, 2.45) is 0 Å². The lowest BCUT2D eigenvalue weighted by Crippen LogP contribution is -1.91. The molecule has 0 radical (unpaired) electrons. The van der Waals surface area contributed by atoms with E-state index in [1.165, 1.54) is 0 Å². The Morgan fingerprint density at radius 2 is 0.959 bits per heavy atom. The van der Waals surface area contributed by atoms with Crippen molar-refractivity contribution in [3.05, 3.63) is 182 Å². The van der Waals surface area contributed by atoms with E-state index in [9.17, 15) is 6.85 Å². The van der Waals surface area contributed by atoms with Gasteiger partial charge in [-0.3, -0.25) is 0 Å². The summed E-state index contributed by atoms with van der Waals surface area (Å²) in [5.41, 5.74) is 2.35. The van der Waals surface area contributed by atoms with Gasteiger partial charge >= 0.3 is 0 Å². The van der Waals surface area contributed by atoms with E-state index in [0.29, 0.717) is 49.2 Å². The molecule has 49 heavy (non-hydrogen) atoms. The molecule has 10 aromatic rings. The van der Waals surface area contributed by atoms with Crippen LogP contribution in [0.15, 0.2) is 186 Å². The van der Waals surface area contributed by atoms with Gasteiger partial charge in [0.05, 0.1) is 21.9 Å². The van der Waals surface area contributed by atoms with Crippen LogP contribution in [0.1, 0.15) is 21.9 Å². The topological polar surface area (TPSA) is 13.1 Å². The highest BCUT2D eigenvalue weighted by Gasteiger charge is 2.20. The summed E-state index contributed by atoms with van der Waals surface area (Å²) >= 11 is 0. The van der Waals surface area contributed by atoms with Gasteiger partial charge in [0.25, 0.3) is 0 Å². The molecule has 0 saturated carbocycles. The van der Waals surface area contributed by atoms with Crippen molar-refractivity contribution in [2.45, 2.75) is 0 Å². The summed E-state index contributed by atoms with van der Waals surface area (Å²) in [7, 11) is 0. The lowest BCUT2D eigenvalue weighted by Gasteiger charge is -2.18. The first-order chi connectivity index (χ1) is 31.0. The zero-order chi connectivity index (χ0) is 46.2. The Morgan fingerprint density at radius 1 is 0.388 bits per heavy atom. The molecule has 1 heteroatoms. The number of rotatable bonds is 4. The van der Waals surface area contributed by atoms with Gasteiger partial charge in [-0.1, -0.05) is 151 Å². The monoisotopic (exact) mass is 638 g/mol. The second kappa shape index (κ2) is 11.1. The van der Waals surface area contributed by atoms with E-state index in [4.69, 9.17) is 19.5 Å². The van der Waals surface area contributed by atoms with E-state index in [-0.39, 0.29) is 40.0 Å². The smallest absolute Gasteiger partial charge is 0.136 e. The third-order valence-corrected chi connectivity index (χ3v) is 8.86. The Morgan fingerprint density at radius 3 is 1.61 bits per heavy atom. The van der Waals surface area contributed by atoms with Crippen molar-refractivity contribution in [2.75, 3.05) is 0 Å². The van der Waals surface area contributed by atoms with Crippen molar-refractivity contribution in [3.8, 4) is 44.5 Å². The molecule has 228 valence electrons. The molecular weight excluding hydrogens is 593 g/mol. The third kappa shape index (κ3) is 4.47. The molecule has 1 nitrogen and oxygen atoms in total. The number of fused-ring (bicyclic) bond motifs is 6. The number of hydrogen-bond donors (Lipinski definition) is 0.